The number of nitrogens with one attached hydrogen (secondary N) is 2. The molecular weight excluding hydrogens is 444 g/mol. The van der Waals surface area contributed by atoms with E-state index in [1.807, 2.05) is 54.3 Å². The Morgan fingerprint density at radius 2 is 1.83 bits per heavy atom. The lowest BCUT2D eigenvalue weighted by molar-refractivity contribution is -0.127. The van der Waals surface area contributed by atoms with Crippen LogP contribution >= 0.6 is 0 Å². The third kappa shape index (κ3) is 5.53. The lowest BCUT2D eigenvalue weighted by Gasteiger charge is -2.34. The maximum atomic E-state index is 12.6. The minimum atomic E-state index is -0.0934. The predicted molar refractivity (Wildman–Crippen MR) is 134 cm³/mol. The van der Waals surface area contributed by atoms with Gasteiger partial charge in [0.05, 0.1) is 0 Å². The van der Waals surface area contributed by atoms with Gasteiger partial charge in [0.15, 0.2) is 11.5 Å². The van der Waals surface area contributed by atoms with E-state index >= 15 is 0 Å². The highest BCUT2D eigenvalue weighted by Crippen LogP contribution is 2.32. The van der Waals surface area contributed by atoms with E-state index in [-0.39, 0.29) is 12.7 Å². The van der Waals surface area contributed by atoms with Crippen molar-refractivity contribution in [1.29, 1.82) is 0 Å². The van der Waals surface area contributed by atoms with Gasteiger partial charge in [0, 0.05) is 63.0 Å². The van der Waals surface area contributed by atoms with E-state index < -0.39 is 0 Å². The molecule has 186 valence electrons. The Morgan fingerprint density at radius 3 is 2.57 bits per heavy atom. The molecule has 2 fully saturated rings. The van der Waals surface area contributed by atoms with Gasteiger partial charge < -0.3 is 29.9 Å². The summed E-state index contributed by atoms with van der Waals surface area (Å²) < 4.78 is 10.7. The first-order valence-corrected chi connectivity index (χ1v) is 12.6. The summed E-state index contributed by atoms with van der Waals surface area (Å²) in [7, 11) is 0. The molecule has 35 heavy (non-hydrogen) atoms. The highest BCUT2D eigenvalue weighted by molar-refractivity contribution is 5.94. The number of nitrogens with zero attached hydrogens (tertiary/aromatic N) is 2. The number of piperidine rings is 1. The zero-order chi connectivity index (χ0) is 24.2. The number of anilines is 1. The average Bonchev–Trinajstić information content (AvgIpc) is 3.51. The Morgan fingerprint density at radius 1 is 1.06 bits per heavy atom. The van der Waals surface area contributed by atoms with Crippen LogP contribution in [0.3, 0.4) is 0 Å². The molecule has 2 aromatic rings. The number of fused-ring (bicyclic) bond motifs is 1. The number of carbonyl (C=O) groups is 2. The van der Waals surface area contributed by atoms with Crippen molar-refractivity contribution in [2.75, 3.05) is 44.4 Å². The number of likely N-dealkylation sites (tertiary alicyclic amines) is 1. The van der Waals surface area contributed by atoms with Crippen LogP contribution in [0.15, 0.2) is 42.5 Å². The average molecular weight is 479 g/mol. The van der Waals surface area contributed by atoms with Crippen LogP contribution in [0.25, 0.3) is 0 Å². The first-order valence-electron chi connectivity index (χ1n) is 12.6. The molecule has 0 aliphatic carbocycles. The fourth-order valence-electron chi connectivity index (χ4n) is 5.13. The molecule has 0 aromatic heterocycles. The summed E-state index contributed by atoms with van der Waals surface area (Å²) >= 11 is 0. The standard InChI is InChI=1S/C27H34N4O4/c1-2-30-17-20(14-26(30)32)16-28-22-9-11-31(12-10-22)23-6-4-21(5-7-23)27(33)29-15-19-3-8-24-25(13-19)35-18-34-24/h3-8,13,20,22,28H,2,9-12,14-18H2,1H3,(H,29,33)/t20-/m0/s1. The van der Waals surface area contributed by atoms with Gasteiger partial charge in [-0.3, -0.25) is 9.59 Å². The Balaban J connectivity index is 1.06. The van der Waals surface area contributed by atoms with E-state index in [4.69, 9.17) is 9.47 Å². The monoisotopic (exact) mass is 478 g/mol. The molecule has 2 aromatic carbocycles. The normalized spacial score (nSPS) is 19.9. The van der Waals surface area contributed by atoms with Gasteiger partial charge in [0.1, 0.15) is 0 Å². The number of carbonyl (C=O) groups excluding carboxylic acids is 2. The maximum absolute atomic E-state index is 12.6. The molecule has 0 saturated carbocycles. The SMILES string of the molecule is CCN1C[C@H](CNC2CCN(c3ccc(C(=O)NCc4ccc5c(c4)OCO5)cc3)CC2)CC1=O. The van der Waals surface area contributed by atoms with E-state index in [1.165, 1.54) is 0 Å². The van der Waals surface area contributed by atoms with E-state index in [0.717, 1.165) is 68.3 Å². The largest absolute Gasteiger partial charge is 0.454 e. The quantitative estimate of drug-likeness (QED) is 0.607. The first-order chi connectivity index (χ1) is 17.1. The minimum absolute atomic E-state index is 0.0934. The van der Waals surface area contributed by atoms with Crippen LogP contribution in [0.4, 0.5) is 5.69 Å². The summed E-state index contributed by atoms with van der Waals surface area (Å²) in [6.07, 6.45) is 2.84. The summed E-state index contributed by atoms with van der Waals surface area (Å²) in [5.74, 6) is 2.09. The molecule has 2 N–H and O–H groups in total. The van der Waals surface area contributed by atoms with Crippen LogP contribution in [-0.4, -0.2) is 62.3 Å². The number of benzene rings is 2. The van der Waals surface area contributed by atoms with Gasteiger partial charge >= 0.3 is 0 Å². The first kappa shape index (κ1) is 23.5. The van der Waals surface area contributed by atoms with Crippen LogP contribution in [0, 0.1) is 5.92 Å². The molecule has 3 aliphatic heterocycles. The van der Waals surface area contributed by atoms with E-state index in [2.05, 4.69) is 15.5 Å². The molecule has 3 aliphatic rings. The molecule has 0 unspecified atom stereocenters. The Bertz CT molecular complexity index is 1050. The van der Waals surface area contributed by atoms with Gasteiger partial charge in [-0.15, -0.1) is 0 Å². The minimum Gasteiger partial charge on any atom is -0.454 e. The smallest absolute Gasteiger partial charge is 0.251 e. The van der Waals surface area contributed by atoms with Gasteiger partial charge in [-0.2, -0.15) is 0 Å². The summed E-state index contributed by atoms with van der Waals surface area (Å²) in [6.45, 7) is 7.31. The summed E-state index contributed by atoms with van der Waals surface area (Å²) in [4.78, 5) is 28.9. The second-order valence-electron chi connectivity index (χ2n) is 9.59. The van der Waals surface area contributed by atoms with Crippen molar-refractivity contribution in [3.63, 3.8) is 0 Å². The lowest BCUT2D eigenvalue weighted by Crippen LogP contribution is -2.44. The molecule has 8 heteroatoms. The highest BCUT2D eigenvalue weighted by Gasteiger charge is 2.29. The van der Waals surface area contributed by atoms with Gasteiger partial charge in [-0.1, -0.05) is 6.07 Å². The van der Waals surface area contributed by atoms with Crippen LogP contribution in [0.2, 0.25) is 0 Å². The molecule has 2 saturated heterocycles. The highest BCUT2D eigenvalue weighted by atomic mass is 16.7. The van der Waals surface area contributed by atoms with Crippen molar-refractivity contribution < 1.29 is 19.1 Å². The van der Waals surface area contributed by atoms with Crippen LogP contribution in [0.1, 0.15) is 42.1 Å². The van der Waals surface area contributed by atoms with Crippen LogP contribution in [-0.2, 0) is 11.3 Å². The van der Waals surface area contributed by atoms with E-state index in [1.54, 1.807) is 0 Å². The fourth-order valence-corrected chi connectivity index (χ4v) is 5.13. The second kappa shape index (κ2) is 10.6. The van der Waals surface area contributed by atoms with Crippen LogP contribution in [0.5, 0.6) is 11.5 Å². The Kier molecular flexibility index (Phi) is 7.08. The second-order valence-corrected chi connectivity index (χ2v) is 9.59. The van der Waals surface area contributed by atoms with E-state index in [9.17, 15) is 9.59 Å². The molecule has 1 atom stereocenters. The third-order valence-electron chi connectivity index (χ3n) is 7.25. The van der Waals surface area contributed by atoms with Crippen molar-refractivity contribution in [1.82, 2.24) is 15.5 Å². The molecular formula is C27H34N4O4. The van der Waals surface area contributed by atoms with Crippen molar-refractivity contribution >= 4 is 17.5 Å². The summed E-state index contributed by atoms with van der Waals surface area (Å²) in [5, 5.41) is 6.67. The Labute approximate surface area is 206 Å². The number of ether oxygens (including phenoxy) is 2. The fraction of sp³-hybridized carbons (Fsp3) is 0.481. The zero-order valence-electron chi connectivity index (χ0n) is 20.3. The molecule has 3 heterocycles. The van der Waals surface area contributed by atoms with Gasteiger partial charge in [0.25, 0.3) is 5.91 Å². The molecule has 0 bridgehead atoms. The molecule has 5 rings (SSSR count). The topological polar surface area (TPSA) is 83.1 Å². The number of hydrogen-bond acceptors (Lipinski definition) is 6. The van der Waals surface area contributed by atoms with Crippen molar-refractivity contribution in [3.05, 3.63) is 53.6 Å². The van der Waals surface area contributed by atoms with Crippen molar-refractivity contribution in [2.45, 2.75) is 38.8 Å². The maximum Gasteiger partial charge on any atom is 0.251 e. The van der Waals surface area contributed by atoms with Gasteiger partial charge in [-0.25, -0.2) is 0 Å². The molecule has 2 amide bonds. The number of rotatable bonds is 8. The van der Waals surface area contributed by atoms with Gasteiger partial charge in [0.2, 0.25) is 12.7 Å². The van der Waals surface area contributed by atoms with Crippen LogP contribution < -0.4 is 25.0 Å². The molecule has 8 nitrogen and oxygen atoms in total. The van der Waals surface area contributed by atoms with Crippen molar-refractivity contribution in [2.24, 2.45) is 5.92 Å². The number of hydrogen-bond donors (Lipinski definition) is 2. The summed E-state index contributed by atoms with van der Waals surface area (Å²) in [5.41, 5.74) is 2.77. The van der Waals surface area contributed by atoms with Gasteiger partial charge in [-0.05, 0) is 67.6 Å². The van der Waals surface area contributed by atoms with E-state index in [0.29, 0.717) is 36.4 Å². The third-order valence-corrected chi connectivity index (χ3v) is 7.25. The number of amides is 2. The van der Waals surface area contributed by atoms with Crippen molar-refractivity contribution in [3.8, 4) is 11.5 Å². The predicted octanol–water partition coefficient (Wildman–Crippen LogP) is 2.77. The lowest BCUT2D eigenvalue weighted by atomic mass is 10.0. The Hall–Kier alpha value is -3.26. The zero-order valence-corrected chi connectivity index (χ0v) is 20.3. The molecule has 0 spiro atoms. The molecule has 0 radical (unpaired) electrons. The summed E-state index contributed by atoms with van der Waals surface area (Å²) in [6, 6.07) is 14.1.